The van der Waals surface area contributed by atoms with E-state index >= 15 is 0 Å². The summed E-state index contributed by atoms with van der Waals surface area (Å²) >= 11 is 0. The molecule has 5 nitrogen and oxygen atoms in total. The molecule has 2 atom stereocenters. The molecule has 0 aromatic carbocycles. The minimum atomic E-state index is -0.128. The second-order valence-electron chi connectivity index (χ2n) is 4.44. The highest BCUT2D eigenvalue weighted by atomic mass is 16.5. The summed E-state index contributed by atoms with van der Waals surface area (Å²) in [6, 6.07) is 3.74. The van der Waals surface area contributed by atoms with Crippen molar-refractivity contribution in [3.05, 3.63) is 24.5 Å². The van der Waals surface area contributed by atoms with Crippen molar-refractivity contribution >= 4 is 11.6 Å². The third kappa shape index (κ3) is 3.27. The number of rotatable bonds is 5. The molecule has 0 radical (unpaired) electrons. The molecule has 1 aromatic rings. The van der Waals surface area contributed by atoms with Crippen LogP contribution in [0.2, 0.25) is 0 Å². The molecule has 1 aromatic heterocycles. The highest BCUT2D eigenvalue weighted by Crippen LogP contribution is 2.16. The maximum absolute atomic E-state index is 12.1. The van der Waals surface area contributed by atoms with Crippen LogP contribution in [0.25, 0.3) is 0 Å². The first kappa shape index (κ1) is 13.0. The third-order valence-electron chi connectivity index (χ3n) is 3.00. The molecule has 2 unspecified atom stereocenters. The van der Waals surface area contributed by atoms with E-state index in [1.807, 2.05) is 6.07 Å². The van der Waals surface area contributed by atoms with Crippen LogP contribution in [-0.4, -0.2) is 36.7 Å². The minimum Gasteiger partial charge on any atom is -0.379 e. The number of hydrogen-bond acceptors (Lipinski definition) is 4. The standard InChI is InChI=1S/C13H19N3O2/c1-2-5-15-12-9-18-8-11(12)13(17)16-10-4-3-6-14-7-10/h3-4,6-7,11-12,15H,2,5,8-9H2,1H3,(H,16,17). The maximum Gasteiger partial charge on any atom is 0.231 e. The molecular weight excluding hydrogens is 230 g/mol. The Morgan fingerprint density at radius 3 is 3.17 bits per heavy atom. The van der Waals surface area contributed by atoms with E-state index in [2.05, 4.69) is 22.5 Å². The average molecular weight is 249 g/mol. The summed E-state index contributed by atoms with van der Waals surface area (Å²) in [5.74, 6) is -0.133. The number of nitrogens with zero attached hydrogens (tertiary/aromatic N) is 1. The smallest absolute Gasteiger partial charge is 0.231 e. The number of pyridine rings is 1. The molecule has 0 aliphatic carbocycles. The monoisotopic (exact) mass is 249 g/mol. The molecule has 2 heterocycles. The number of hydrogen-bond donors (Lipinski definition) is 2. The molecular formula is C13H19N3O2. The van der Waals surface area contributed by atoms with E-state index < -0.39 is 0 Å². The highest BCUT2D eigenvalue weighted by Gasteiger charge is 2.33. The van der Waals surface area contributed by atoms with Crippen molar-refractivity contribution in [2.24, 2.45) is 5.92 Å². The molecule has 5 heteroatoms. The molecule has 98 valence electrons. The van der Waals surface area contributed by atoms with Gasteiger partial charge in [-0.3, -0.25) is 9.78 Å². The first-order chi connectivity index (χ1) is 8.81. The van der Waals surface area contributed by atoms with Crippen LogP contribution in [0.5, 0.6) is 0 Å². The van der Waals surface area contributed by atoms with Gasteiger partial charge in [-0.1, -0.05) is 6.92 Å². The van der Waals surface area contributed by atoms with Gasteiger partial charge in [0.25, 0.3) is 0 Å². The largest absolute Gasteiger partial charge is 0.379 e. The van der Waals surface area contributed by atoms with Crippen LogP contribution in [0.3, 0.4) is 0 Å². The Balaban J connectivity index is 1.91. The Bertz CT molecular complexity index is 383. The van der Waals surface area contributed by atoms with Gasteiger partial charge in [0.15, 0.2) is 0 Å². The Labute approximate surface area is 107 Å². The summed E-state index contributed by atoms with van der Waals surface area (Å²) in [7, 11) is 0. The van der Waals surface area contributed by atoms with Gasteiger partial charge in [0.1, 0.15) is 0 Å². The zero-order chi connectivity index (χ0) is 12.8. The molecule has 1 aliphatic heterocycles. The second kappa shape index (κ2) is 6.47. The summed E-state index contributed by atoms with van der Waals surface area (Å²) < 4.78 is 5.39. The zero-order valence-electron chi connectivity index (χ0n) is 10.6. The topological polar surface area (TPSA) is 63.2 Å². The van der Waals surface area contributed by atoms with Gasteiger partial charge in [0, 0.05) is 12.2 Å². The summed E-state index contributed by atoms with van der Waals surface area (Å²) in [6.45, 7) is 4.09. The maximum atomic E-state index is 12.1. The van der Waals surface area contributed by atoms with E-state index in [4.69, 9.17) is 4.74 Å². The number of anilines is 1. The zero-order valence-corrected chi connectivity index (χ0v) is 10.6. The molecule has 0 saturated carbocycles. The van der Waals surface area contributed by atoms with Crippen LogP contribution in [0.15, 0.2) is 24.5 Å². The number of carbonyl (C=O) groups is 1. The second-order valence-corrected chi connectivity index (χ2v) is 4.44. The van der Waals surface area contributed by atoms with Crippen molar-refractivity contribution in [1.82, 2.24) is 10.3 Å². The first-order valence-electron chi connectivity index (χ1n) is 6.33. The lowest BCUT2D eigenvalue weighted by Crippen LogP contribution is -2.41. The average Bonchev–Trinajstić information content (AvgIpc) is 2.86. The van der Waals surface area contributed by atoms with Gasteiger partial charge in [-0.25, -0.2) is 0 Å². The first-order valence-corrected chi connectivity index (χ1v) is 6.33. The summed E-state index contributed by atoms with van der Waals surface area (Å²) in [4.78, 5) is 16.1. The fourth-order valence-corrected chi connectivity index (χ4v) is 2.02. The lowest BCUT2D eigenvalue weighted by atomic mass is 10.0. The van der Waals surface area contributed by atoms with Crippen molar-refractivity contribution < 1.29 is 9.53 Å². The van der Waals surface area contributed by atoms with Crippen molar-refractivity contribution in [2.75, 3.05) is 25.1 Å². The molecule has 0 spiro atoms. The fourth-order valence-electron chi connectivity index (χ4n) is 2.02. The van der Waals surface area contributed by atoms with E-state index in [1.165, 1.54) is 0 Å². The lowest BCUT2D eigenvalue weighted by molar-refractivity contribution is -0.120. The molecule has 2 rings (SSSR count). The summed E-state index contributed by atoms with van der Waals surface area (Å²) in [5.41, 5.74) is 0.726. The van der Waals surface area contributed by atoms with Gasteiger partial charge >= 0.3 is 0 Å². The van der Waals surface area contributed by atoms with Crippen LogP contribution >= 0.6 is 0 Å². The molecule has 1 saturated heterocycles. The number of nitrogens with one attached hydrogen (secondary N) is 2. The molecule has 1 amide bonds. The Kier molecular flexibility index (Phi) is 4.66. The van der Waals surface area contributed by atoms with Crippen LogP contribution in [0.4, 0.5) is 5.69 Å². The Morgan fingerprint density at radius 2 is 2.44 bits per heavy atom. The van der Waals surface area contributed by atoms with Crippen LogP contribution in [0.1, 0.15) is 13.3 Å². The van der Waals surface area contributed by atoms with Gasteiger partial charge in [-0.2, -0.15) is 0 Å². The normalized spacial score (nSPS) is 22.9. The van der Waals surface area contributed by atoms with Gasteiger partial charge < -0.3 is 15.4 Å². The molecule has 2 N–H and O–H groups in total. The SMILES string of the molecule is CCCNC1COCC1C(=O)Nc1cccnc1. The number of aromatic nitrogens is 1. The summed E-state index contributed by atoms with van der Waals surface area (Å²) in [5, 5.41) is 6.22. The van der Waals surface area contributed by atoms with Crippen molar-refractivity contribution in [2.45, 2.75) is 19.4 Å². The van der Waals surface area contributed by atoms with Crippen molar-refractivity contribution in [3.63, 3.8) is 0 Å². The van der Waals surface area contributed by atoms with Gasteiger partial charge in [-0.05, 0) is 25.1 Å². The Hall–Kier alpha value is -1.46. The third-order valence-corrected chi connectivity index (χ3v) is 3.00. The minimum absolute atomic E-state index is 0.00546. The van der Waals surface area contributed by atoms with E-state index in [-0.39, 0.29) is 17.9 Å². The van der Waals surface area contributed by atoms with Crippen LogP contribution in [-0.2, 0) is 9.53 Å². The molecule has 0 bridgehead atoms. The highest BCUT2D eigenvalue weighted by molar-refractivity contribution is 5.93. The molecule has 1 aliphatic rings. The van der Waals surface area contributed by atoms with Gasteiger partial charge in [0.05, 0.1) is 31.0 Å². The number of carbonyl (C=O) groups excluding carboxylic acids is 1. The quantitative estimate of drug-likeness (QED) is 0.818. The van der Waals surface area contributed by atoms with Crippen molar-refractivity contribution in [1.29, 1.82) is 0 Å². The van der Waals surface area contributed by atoms with Gasteiger partial charge in [0.2, 0.25) is 5.91 Å². The Morgan fingerprint density at radius 1 is 1.56 bits per heavy atom. The molecule has 18 heavy (non-hydrogen) atoms. The van der Waals surface area contributed by atoms with Crippen LogP contribution in [0, 0.1) is 5.92 Å². The van der Waals surface area contributed by atoms with E-state index in [0.717, 1.165) is 18.7 Å². The predicted molar refractivity (Wildman–Crippen MR) is 69.3 cm³/mol. The van der Waals surface area contributed by atoms with E-state index in [0.29, 0.717) is 13.2 Å². The number of amides is 1. The van der Waals surface area contributed by atoms with Crippen molar-refractivity contribution in [3.8, 4) is 0 Å². The summed E-state index contributed by atoms with van der Waals surface area (Å²) in [6.07, 6.45) is 4.37. The van der Waals surface area contributed by atoms with Crippen LogP contribution < -0.4 is 10.6 Å². The van der Waals surface area contributed by atoms with Gasteiger partial charge in [-0.15, -0.1) is 0 Å². The predicted octanol–water partition coefficient (Wildman–Crippen LogP) is 1.03. The molecule has 1 fully saturated rings. The number of ether oxygens (including phenoxy) is 1. The lowest BCUT2D eigenvalue weighted by Gasteiger charge is -2.18. The van der Waals surface area contributed by atoms with E-state index in [1.54, 1.807) is 18.5 Å². The van der Waals surface area contributed by atoms with E-state index in [9.17, 15) is 4.79 Å². The fraction of sp³-hybridized carbons (Fsp3) is 0.538.